The van der Waals surface area contributed by atoms with Crippen LogP contribution in [0, 0.1) is 5.92 Å². The number of nitrogens with one attached hydrogen (secondary N) is 6. The molecule has 0 aromatic heterocycles. The number of aliphatic hydroxyl groups is 1. The molecule has 20 nitrogen and oxygen atoms in total. The van der Waals surface area contributed by atoms with Gasteiger partial charge in [0.15, 0.2) is 0 Å². The van der Waals surface area contributed by atoms with Crippen LogP contribution < -0.4 is 42.2 Å². The van der Waals surface area contributed by atoms with Crippen LogP contribution in [0.2, 0.25) is 0 Å². The minimum absolute atomic E-state index is 0.170. The minimum atomic E-state index is -4.84. The van der Waals surface area contributed by atoms with Gasteiger partial charge in [-0.3, -0.25) is 43.3 Å². The zero-order valence-electron chi connectivity index (χ0n) is 26.6. The van der Waals surface area contributed by atoms with Crippen LogP contribution >= 0.6 is 7.82 Å². The first-order valence-corrected chi connectivity index (χ1v) is 16.0. The zero-order valence-corrected chi connectivity index (χ0v) is 27.5. The van der Waals surface area contributed by atoms with Crippen molar-refractivity contribution >= 4 is 49.2 Å². The molecule has 1 rings (SSSR count). The molecule has 0 saturated carbocycles. The van der Waals surface area contributed by atoms with E-state index in [4.69, 9.17) is 20.6 Å². The number of benzene rings is 1. The first-order valence-electron chi connectivity index (χ1n) is 14.4. The molecular weight excluding hydrogens is 661 g/mol. The van der Waals surface area contributed by atoms with E-state index < -0.39 is 105 Å². The Kier molecular flexibility index (Phi) is 16.6. The van der Waals surface area contributed by atoms with Crippen LogP contribution in [0.15, 0.2) is 24.3 Å². The molecule has 1 aromatic carbocycles. The number of carbonyl (C=O) groups excluding carboxylic acids is 6. The van der Waals surface area contributed by atoms with Crippen molar-refractivity contribution in [3.63, 3.8) is 0 Å². The molecule has 0 heterocycles. The van der Waals surface area contributed by atoms with Crippen LogP contribution in [-0.2, 0) is 44.5 Å². The summed E-state index contributed by atoms with van der Waals surface area (Å²) < 4.78 is 15.6. The van der Waals surface area contributed by atoms with Crippen LogP contribution in [0.4, 0.5) is 0 Å². The van der Waals surface area contributed by atoms with Gasteiger partial charge in [-0.25, -0.2) is 4.57 Å². The van der Waals surface area contributed by atoms with Crippen molar-refractivity contribution in [3.8, 4) is 5.75 Å². The summed E-state index contributed by atoms with van der Waals surface area (Å²) >= 11 is 0. The molecule has 0 aliphatic carbocycles. The first-order chi connectivity index (χ1) is 22.3. The molecule has 5 atom stereocenters. The highest BCUT2D eigenvalue weighted by Gasteiger charge is 2.31. The van der Waals surface area contributed by atoms with E-state index in [9.17, 15) is 43.2 Å². The number of phosphoric acid groups is 1. The third-order valence-electron chi connectivity index (χ3n) is 6.41. The summed E-state index contributed by atoms with van der Waals surface area (Å²) in [6.45, 7) is 3.78. The largest absolute Gasteiger partial charge is 0.524 e. The fourth-order valence-electron chi connectivity index (χ4n) is 3.86. The Morgan fingerprint density at radius 1 is 0.771 bits per heavy atom. The van der Waals surface area contributed by atoms with Gasteiger partial charge in [0.2, 0.25) is 35.4 Å². The molecule has 0 bridgehead atoms. The molecule has 0 aliphatic heterocycles. The monoisotopic (exact) mass is 703 g/mol. The molecule has 268 valence electrons. The van der Waals surface area contributed by atoms with Crippen LogP contribution in [0.3, 0.4) is 0 Å². The van der Waals surface area contributed by atoms with Gasteiger partial charge in [0.1, 0.15) is 42.5 Å². The van der Waals surface area contributed by atoms with Crippen molar-refractivity contribution in [1.82, 2.24) is 31.9 Å². The Hall–Kier alpha value is -4.62. The lowest BCUT2D eigenvalue weighted by atomic mass is 10.0. The van der Waals surface area contributed by atoms with Gasteiger partial charge in [-0.1, -0.05) is 26.0 Å². The molecular formula is C27H42N7O13P. The second-order valence-electron chi connectivity index (χ2n) is 10.8. The highest BCUT2D eigenvalue weighted by molar-refractivity contribution is 7.46. The lowest BCUT2D eigenvalue weighted by Crippen LogP contribution is -2.59. The van der Waals surface area contributed by atoms with Gasteiger partial charge in [-0.2, -0.15) is 0 Å². The fraction of sp³-hybridized carbons (Fsp3) is 0.519. The van der Waals surface area contributed by atoms with Gasteiger partial charge in [0.25, 0.3) is 0 Å². The van der Waals surface area contributed by atoms with Crippen LogP contribution in [0.25, 0.3) is 0 Å². The van der Waals surface area contributed by atoms with Crippen LogP contribution in [0.5, 0.6) is 5.75 Å². The summed E-state index contributed by atoms with van der Waals surface area (Å²) in [5, 5.41) is 32.0. The lowest BCUT2D eigenvalue weighted by Gasteiger charge is -2.26. The maximum atomic E-state index is 13.4. The van der Waals surface area contributed by atoms with Crippen molar-refractivity contribution < 1.29 is 62.7 Å². The van der Waals surface area contributed by atoms with E-state index in [1.807, 2.05) is 5.32 Å². The number of nitrogens with two attached hydrogens (primary N) is 1. The van der Waals surface area contributed by atoms with E-state index in [1.54, 1.807) is 13.8 Å². The van der Waals surface area contributed by atoms with E-state index in [0.717, 1.165) is 0 Å². The molecule has 0 fully saturated rings. The summed E-state index contributed by atoms with van der Waals surface area (Å²) in [5.74, 6) is -6.94. The second kappa shape index (κ2) is 19.3. The Labute approximate surface area is 275 Å². The summed E-state index contributed by atoms with van der Waals surface area (Å²) in [7, 11) is -4.84. The standard InChI is InChI=1S/C27H42N7O13P/c1-13(2)22(34-20(36)10-28)27(43)32-18(9-16-5-7-17(8-6-16)47-48(44,45)46)26(42)31-14(3)23(39)30-15(4)24(40)33-19(12-35)25(41)29-11-21(37)38/h5-8,13-15,18-19,22,35H,9-12,28H2,1-4H3,(H,29,41)(H,30,39)(H,31,42)(H,32,43)(H,33,40)(H,34,36)(H,37,38)(H2,44,45,46)/t14-,15-,18-,19-,22-/m0/s1. The Morgan fingerprint density at radius 2 is 1.29 bits per heavy atom. The molecule has 0 aliphatic rings. The van der Waals surface area contributed by atoms with Gasteiger partial charge in [0.05, 0.1) is 13.2 Å². The van der Waals surface area contributed by atoms with Crippen molar-refractivity contribution in [2.24, 2.45) is 11.7 Å². The highest BCUT2D eigenvalue weighted by atomic mass is 31.2. The molecule has 48 heavy (non-hydrogen) atoms. The Morgan fingerprint density at radius 3 is 1.77 bits per heavy atom. The van der Waals surface area contributed by atoms with E-state index in [1.165, 1.54) is 38.1 Å². The van der Waals surface area contributed by atoms with Gasteiger partial charge < -0.3 is 52.4 Å². The number of rotatable bonds is 19. The van der Waals surface area contributed by atoms with Gasteiger partial charge >= 0.3 is 13.8 Å². The van der Waals surface area contributed by atoms with Crippen molar-refractivity contribution in [2.75, 3.05) is 19.7 Å². The zero-order chi connectivity index (χ0) is 36.8. The average Bonchev–Trinajstić information content (AvgIpc) is 3.00. The maximum Gasteiger partial charge on any atom is 0.524 e. The van der Waals surface area contributed by atoms with E-state index >= 15 is 0 Å². The number of carboxylic acids is 1. The van der Waals surface area contributed by atoms with E-state index in [-0.39, 0.29) is 12.2 Å². The minimum Gasteiger partial charge on any atom is -0.480 e. The number of carboxylic acid groups (broad SMARTS) is 1. The van der Waals surface area contributed by atoms with Gasteiger partial charge in [-0.05, 0) is 37.5 Å². The SMILES string of the molecule is CC(C)[C@H](NC(=O)CN)C(=O)N[C@@H](Cc1ccc(OP(=O)(O)O)cc1)C(=O)N[C@@H](C)C(=O)N[C@@H](C)C(=O)N[C@@H](CO)C(=O)NCC(=O)O. The lowest BCUT2D eigenvalue weighted by molar-refractivity contribution is -0.139. The first kappa shape index (κ1) is 41.4. The number of aliphatic carboxylic acids is 1. The quantitative estimate of drug-likeness (QED) is 0.0612. The molecule has 6 amide bonds. The van der Waals surface area contributed by atoms with Crippen molar-refractivity contribution in [3.05, 3.63) is 29.8 Å². The normalized spacial score (nSPS) is 14.3. The predicted molar refractivity (Wildman–Crippen MR) is 165 cm³/mol. The molecule has 0 spiro atoms. The summed E-state index contributed by atoms with van der Waals surface area (Å²) in [4.78, 5) is 104. The average molecular weight is 704 g/mol. The molecule has 0 saturated heterocycles. The highest BCUT2D eigenvalue weighted by Crippen LogP contribution is 2.37. The number of hydrogen-bond donors (Lipinski definition) is 11. The number of aliphatic hydroxyl groups excluding tert-OH is 1. The van der Waals surface area contributed by atoms with E-state index in [2.05, 4.69) is 31.1 Å². The van der Waals surface area contributed by atoms with Crippen LogP contribution in [0.1, 0.15) is 33.3 Å². The van der Waals surface area contributed by atoms with Gasteiger partial charge in [0, 0.05) is 6.42 Å². The maximum absolute atomic E-state index is 13.4. The summed E-state index contributed by atoms with van der Waals surface area (Å²) in [5.41, 5.74) is 5.74. The molecule has 0 unspecified atom stereocenters. The number of phosphoric ester groups is 1. The van der Waals surface area contributed by atoms with Crippen molar-refractivity contribution in [1.29, 1.82) is 0 Å². The molecule has 21 heteroatoms. The molecule has 0 radical (unpaired) electrons. The number of carbonyl (C=O) groups is 7. The van der Waals surface area contributed by atoms with Crippen molar-refractivity contribution in [2.45, 2.75) is 64.3 Å². The summed E-state index contributed by atoms with van der Waals surface area (Å²) in [6.07, 6.45) is -0.191. The van der Waals surface area contributed by atoms with Gasteiger partial charge in [-0.15, -0.1) is 0 Å². The number of hydrogen-bond acceptors (Lipinski definition) is 11. The smallest absolute Gasteiger partial charge is 0.480 e. The summed E-state index contributed by atoms with van der Waals surface area (Å²) in [6, 6.07) is -1.34. The van der Waals surface area contributed by atoms with E-state index in [0.29, 0.717) is 5.56 Å². The second-order valence-corrected chi connectivity index (χ2v) is 12.0. The molecule has 1 aromatic rings. The predicted octanol–water partition coefficient (Wildman–Crippen LogP) is -4.03. The molecule has 12 N–H and O–H groups in total. The topological polar surface area (TPSA) is 325 Å². The third-order valence-corrected chi connectivity index (χ3v) is 6.85. The van der Waals surface area contributed by atoms with Crippen LogP contribution in [-0.4, -0.2) is 111 Å². The Bertz CT molecular complexity index is 1370. The fourth-order valence-corrected chi connectivity index (χ4v) is 4.25. The number of amides is 6. The third kappa shape index (κ3) is 14.9. The Balaban J connectivity index is 3.07.